The minimum Gasteiger partial charge on any atom is -0.399 e. The molecule has 4 aliphatic rings. The third kappa shape index (κ3) is 23.6. The molecule has 4 saturated heterocycles. The number of nitrogens with one attached hydrogen (secondary N) is 4. The van der Waals surface area contributed by atoms with Crippen molar-refractivity contribution in [3.8, 4) is 0 Å². The molecule has 19 heteroatoms. The van der Waals surface area contributed by atoms with Gasteiger partial charge in [-0.1, -0.05) is 12.8 Å². The number of unbranched alkanes of at least 4 members (excludes halogenated alkanes) is 6. The number of hydrogen-bond acceptors (Lipinski definition) is 15. The van der Waals surface area contributed by atoms with Crippen LogP contribution in [0.2, 0.25) is 0 Å². The van der Waals surface area contributed by atoms with Crippen LogP contribution in [0.3, 0.4) is 0 Å². The van der Waals surface area contributed by atoms with Crippen molar-refractivity contribution in [2.75, 3.05) is 96.5 Å². The van der Waals surface area contributed by atoms with E-state index in [2.05, 4.69) is 21.3 Å². The molecular formula is C52H83N5O12S2. The van der Waals surface area contributed by atoms with Crippen LogP contribution in [0, 0.1) is 0 Å². The molecule has 0 bridgehead atoms. The highest BCUT2D eigenvalue weighted by molar-refractivity contribution is 8.00. The standard InChI is InChI=1S/C52H83N5O12S2/c53-40-34-38(45(60)17-7-11-23-66-27-31-68-29-25-64-21-9-5-15-41(58)13-1-3-19-47-49-43(36-70-47)54-51(62)56-49)33-39(35-40)46(61)18-8-12-24-67-28-32-69-30-26-65-22-10-6-16-42(59)14-2-4-20-48-50-44(37-71-48)55-52(63)57-50/h33-35,43-44,47-50H,1-32,36-37,53H2,(H2,54,56,62)(H2,55,57,63). The second-order valence-electron chi connectivity index (χ2n) is 19.0. The molecule has 6 atom stereocenters. The lowest BCUT2D eigenvalue weighted by Gasteiger charge is -2.16. The predicted octanol–water partition coefficient (Wildman–Crippen LogP) is 7.00. The summed E-state index contributed by atoms with van der Waals surface area (Å²) in [5, 5.41) is 12.9. The lowest BCUT2D eigenvalue weighted by atomic mass is 9.98. The molecule has 4 amide bonds. The van der Waals surface area contributed by atoms with Crippen LogP contribution in [-0.4, -0.2) is 161 Å². The molecule has 0 aromatic heterocycles. The Hall–Kier alpha value is -3.30. The zero-order valence-corrected chi connectivity index (χ0v) is 43.7. The number of thioether (sulfide) groups is 2. The van der Waals surface area contributed by atoms with Gasteiger partial charge in [-0.05, 0) is 95.2 Å². The van der Waals surface area contributed by atoms with Gasteiger partial charge in [-0.3, -0.25) is 19.2 Å². The number of anilines is 1. The molecule has 4 fully saturated rings. The van der Waals surface area contributed by atoms with E-state index in [9.17, 15) is 28.8 Å². The minimum atomic E-state index is -0.0568. The number of nitrogen functional groups attached to an aromatic ring is 1. The molecule has 1 aromatic carbocycles. The third-order valence-corrected chi connectivity index (χ3v) is 16.2. The molecular weight excluding hydrogens is 951 g/mol. The number of amides is 4. The number of benzene rings is 1. The molecule has 0 radical (unpaired) electrons. The Bertz CT molecular complexity index is 1660. The Morgan fingerprint density at radius 3 is 1.13 bits per heavy atom. The Balaban J connectivity index is 0.729. The Kier molecular flexibility index (Phi) is 28.9. The Morgan fingerprint density at radius 2 is 0.761 bits per heavy atom. The van der Waals surface area contributed by atoms with Crippen molar-refractivity contribution in [2.24, 2.45) is 0 Å². The maximum Gasteiger partial charge on any atom is 0.315 e. The van der Waals surface area contributed by atoms with Gasteiger partial charge < -0.3 is 55.4 Å². The van der Waals surface area contributed by atoms with Crippen LogP contribution in [0.25, 0.3) is 0 Å². The molecule has 4 heterocycles. The summed E-state index contributed by atoms with van der Waals surface area (Å²) in [6.07, 6.45) is 15.1. The van der Waals surface area contributed by atoms with E-state index in [4.69, 9.17) is 34.2 Å². The average Bonchev–Trinajstić information content (AvgIpc) is 4.13. The van der Waals surface area contributed by atoms with Crippen LogP contribution >= 0.6 is 23.5 Å². The summed E-state index contributed by atoms with van der Waals surface area (Å²) in [7, 11) is 0. The zero-order chi connectivity index (χ0) is 50.3. The number of Topliss-reactive ketones (excluding diaryl/α,β-unsaturated/α-hetero) is 4. The highest BCUT2D eigenvalue weighted by atomic mass is 32.2. The van der Waals surface area contributed by atoms with Gasteiger partial charge in [0.25, 0.3) is 0 Å². The van der Waals surface area contributed by atoms with E-state index < -0.39 is 0 Å². The summed E-state index contributed by atoms with van der Waals surface area (Å²) in [6.45, 7) is 6.05. The van der Waals surface area contributed by atoms with E-state index in [0.717, 1.165) is 88.6 Å². The molecule has 0 spiro atoms. The first-order valence-electron chi connectivity index (χ1n) is 26.5. The predicted molar refractivity (Wildman–Crippen MR) is 278 cm³/mol. The number of carbonyl (C=O) groups excluding carboxylic acids is 6. The quantitative estimate of drug-likeness (QED) is 0.0192. The fourth-order valence-corrected chi connectivity index (χ4v) is 12.3. The van der Waals surface area contributed by atoms with Crippen molar-refractivity contribution in [3.63, 3.8) is 0 Å². The summed E-state index contributed by atoms with van der Waals surface area (Å²) in [5.41, 5.74) is 7.38. The highest BCUT2D eigenvalue weighted by Gasteiger charge is 2.43. The van der Waals surface area contributed by atoms with Crippen LogP contribution in [0.4, 0.5) is 15.3 Å². The lowest BCUT2D eigenvalue weighted by molar-refractivity contribution is -0.120. The van der Waals surface area contributed by atoms with Gasteiger partial charge in [-0.2, -0.15) is 23.5 Å². The number of rotatable bonds is 44. The van der Waals surface area contributed by atoms with E-state index in [1.807, 2.05) is 23.5 Å². The largest absolute Gasteiger partial charge is 0.399 e. The number of ether oxygens (including phenoxy) is 6. The monoisotopic (exact) mass is 1030 g/mol. The van der Waals surface area contributed by atoms with Gasteiger partial charge in [0.1, 0.15) is 11.6 Å². The fourth-order valence-electron chi connectivity index (χ4n) is 9.25. The SMILES string of the molecule is Nc1cc(C(=O)CCCCOCCOCCOCCCCC(=O)CCCCC2SCC3NC(=O)NC32)cc(C(=O)CCCCOCCOCCOCCCCC(=O)CCCCC2SCC3NC(=O)NC32)c1. The first kappa shape index (κ1) is 58.6. The molecule has 71 heavy (non-hydrogen) atoms. The third-order valence-electron chi connectivity index (χ3n) is 13.2. The van der Waals surface area contributed by atoms with E-state index in [1.54, 1.807) is 18.2 Å². The first-order valence-corrected chi connectivity index (χ1v) is 28.6. The first-order chi connectivity index (χ1) is 34.7. The molecule has 5 rings (SSSR count). The number of fused-ring (bicyclic) bond motifs is 2. The van der Waals surface area contributed by atoms with Crippen LogP contribution in [0.15, 0.2) is 18.2 Å². The summed E-state index contributed by atoms with van der Waals surface area (Å²) >= 11 is 3.83. The van der Waals surface area contributed by atoms with E-state index in [0.29, 0.717) is 170 Å². The number of hydrogen-bond donors (Lipinski definition) is 5. The fraction of sp³-hybridized carbons (Fsp3) is 0.769. The molecule has 400 valence electrons. The number of ketones is 4. The summed E-state index contributed by atoms with van der Waals surface area (Å²) in [6, 6.07) is 5.74. The lowest BCUT2D eigenvalue weighted by Crippen LogP contribution is -2.36. The highest BCUT2D eigenvalue weighted by Crippen LogP contribution is 2.34. The van der Waals surface area contributed by atoms with Gasteiger partial charge in [-0.15, -0.1) is 0 Å². The van der Waals surface area contributed by atoms with Crippen LogP contribution in [-0.2, 0) is 38.0 Å². The second-order valence-corrected chi connectivity index (χ2v) is 21.5. The van der Waals surface area contributed by atoms with Crippen LogP contribution < -0.4 is 27.0 Å². The van der Waals surface area contributed by atoms with Crippen LogP contribution in [0.1, 0.15) is 149 Å². The number of nitrogens with two attached hydrogens (primary N) is 1. The van der Waals surface area contributed by atoms with Crippen molar-refractivity contribution in [1.29, 1.82) is 0 Å². The van der Waals surface area contributed by atoms with Gasteiger partial charge >= 0.3 is 12.1 Å². The molecule has 4 aliphatic heterocycles. The van der Waals surface area contributed by atoms with E-state index in [1.165, 1.54) is 0 Å². The number of urea groups is 2. The van der Waals surface area contributed by atoms with Gasteiger partial charge in [-0.25, -0.2) is 9.59 Å². The topological polar surface area (TPSA) is 232 Å². The van der Waals surface area contributed by atoms with Gasteiger partial charge in [0.2, 0.25) is 0 Å². The zero-order valence-electron chi connectivity index (χ0n) is 42.0. The molecule has 0 aliphatic carbocycles. The smallest absolute Gasteiger partial charge is 0.315 e. The summed E-state index contributed by atoms with van der Waals surface area (Å²) in [4.78, 5) is 73.4. The molecule has 0 saturated carbocycles. The second kappa shape index (κ2) is 35.0. The van der Waals surface area contributed by atoms with Crippen molar-refractivity contribution in [2.45, 2.75) is 163 Å². The average molecular weight is 1030 g/mol. The normalized spacial score (nSPS) is 21.1. The Labute approximate surface area is 430 Å². The van der Waals surface area contributed by atoms with Gasteiger partial charge in [0.05, 0.1) is 77.0 Å². The molecule has 6 N–H and O–H groups in total. The van der Waals surface area contributed by atoms with E-state index in [-0.39, 0.29) is 47.8 Å². The van der Waals surface area contributed by atoms with Crippen molar-refractivity contribution in [3.05, 3.63) is 29.3 Å². The molecule has 6 unspecified atom stereocenters. The summed E-state index contributed by atoms with van der Waals surface area (Å²) < 4.78 is 33.8. The van der Waals surface area contributed by atoms with Crippen molar-refractivity contribution in [1.82, 2.24) is 21.3 Å². The maximum absolute atomic E-state index is 12.9. The van der Waals surface area contributed by atoms with Crippen LogP contribution in [0.5, 0.6) is 0 Å². The van der Waals surface area contributed by atoms with Crippen molar-refractivity contribution >= 4 is 64.4 Å². The van der Waals surface area contributed by atoms with Crippen molar-refractivity contribution < 1.29 is 57.2 Å². The van der Waals surface area contributed by atoms with E-state index >= 15 is 0 Å². The molecule has 1 aromatic rings. The number of carbonyl (C=O) groups is 6. The molecule has 17 nitrogen and oxygen atoms in total. The Morgan fingerprint density at radius 1 is 0.437 bits per heavy atom. The minimum absolute atomic E-state index is 0.0498. The van der Waals surface area contributed by atoms with Gasteiger partial charge in [0.15, 0.2) is 11.6 Å². The maximum atomic E-state index is 12.9. The summed E-state index contributed by atoms with van der Waals surface area (Å²) in [5.74, 6) is 2.45. The van der Waals surface area contributed by atoms with Gasteiger partial charge in [0, 0.05) is 104 Å².